The Morgan fingerprint density at radius 3 is 3.00 bits per heavy atom. The maximum Gasteiger partial charge on any atom is 0.237 e. The molecule has 0 aromatic heterocycles. The lowest BCUT2D eigenvalue weighted by molar-refractivity contribution is -0.123. The highest BCUT2D eigenvalue weighted by Gasteiger charge is 2.27. The average Bonchev–Trinajstić information content (AvgIpc) is 2.97. The van der Waals surface area contributed by atoms with E-state index in [2.05, 4.69) is 17.6 Å². The van der Waals surface area contributed by atoms with Crippen LogP contribution in [0.1, 0.15) is 13.3 Å². The third-order valence-corrected chi connectivity index (χ3v) is 5.03. The number of β-amino-alcohol motifs (C(OH)–C–C–N with tert-alkyl or cyclic N) is 1. The number of carbonyl (C=O) groups is 1. The van der Waals surface area contributed by atoms with Gasteiger partial charge in [0.2, 0.25) is 5.91 Å². The zero-order chi connectivity index (χ0) is 15.9. The van der Waals surface area contributed by atoms with Gasteiger partial charge in [-0.25, -0.2) is 0 Å². The minimum absolute atomic E-state index is 0.0225. The highest BCUT2D eigenvalue weighted by atomic mass is 32.2. The lowest BCUT2D eigenvalue weighted by Crippen LogP contribution is -2.42. The van der Waals surface area contributed by atoms with Gasteiger partial charge in [0.1, 0.15) is 5.75 Å². The van der Waals surface area contributed by atoms with Crippen LogP contribution in [0.4, 0.5) is 0 Å². The molecule has 122 valence electrons. The van der Waals surface area contributed by atoms with Crippen molar-refractivity contribution < 1.29 is 14.6 Å². The second-order valence-electron chi connectivity index (χ2n) is 5.66. The molecule has 1 aliphatic rings. The maximum atomic E-state index is 12.0. The summed E-state index contributed by atoms with van der Waals surface area (Å²) in [5.74, 6) is 2.12. The Hall–Kier alpha value is -1.24. The van der Waals surface area contributed by atoms with E-state index in [4.69, 9.17) is 4.74 Å². The first-order chi connectivity index (χ1) is 10.6. The fourth-order valence-electron chi connectivity index (χ4n) is 2.34. The van der Waals surface area contributed by atoms with E-state index in [1.807, 2.05) is 24.3 Å². The lowest BCUT2D eigenvalue weighted by atomic mass is 10.1. The summed E-state index contributed by atoms with van der Waals surface area (Å²) >= 11 is 1.73. The first kappa shape index (κ1) is 17.1. The van der Waals surface area contributed by atoms with Gasteiger partial charge in [0, 0.05) is 23.7 Å². The van der Waals surface area contributed by atoms with Gasteiger partial charge in [-0.2, -0.15) is 0 Å². The summed E-state index contributed by atoms with van der Waals surface area (Å²) in [6.07, 6.45) is 0.0881. The van der Waals surface area contributed by atoms with Crippen molar-refractivity contribution in [3.63, 3.8) is 0 Å². The molecule has 0 saturated carbocycles. The number of aliphatic hydroxyl groups excluding tert-OH is 1. The van der Waals surface area contributed by atoms with Gasteiger partial charge in [-0.1, -0.05) is 19.1 Å². The Bertz CT molecular complexity index is 498. The summed E-state index contributed by atoms with van der Waals surface area (Å²) in [6.45, 7) is 3.24. The minimum atomic E-state index is -0.408. The second kappa shape index (κ2) is 8.41. The fourth-order valence-corrected chi connectivity index (χ4v) is 3.39. The topological polar surface area (TPSA) is 70.6 Å². The van der Waals surface area contributed by atoms with Gasteiger partial charge in [0.25, 0.3) is 0 Å². The van der Waals surface area contributed by atoms with Crippen LogP contribution in [-0.2, 0) is 4.79 Å². The number of hydrogen-bond acceptors (Lipinski definition) is 5. The zero-order valence-electron chi connectivity index (χ0n) is 13.0. The van der Waals surface area contributed by atoms with Crippen molar-refractivity contribution in [2.75, 3.05) is 26.0 Å². The smallest absolute Gasteiger partial charge is 0.237 e. The van der Waals surface area contributed by atoms with Crippen molar-refractivity contribution in [3.05, 3.63) is 24.3 Å². The van der Waals surface area contributed by atoms with E-state index in [0.717, 1.165) is 16.4 Å². The molecule has 1 aliphatic heterocycles. The molecule has 0 bridgehead atoms. The number of benzene rings is 1. The first-order valence-corrected chi connectivity index (χ1v) is 8.53. The third kappa shape index (κ3) is 4.90. The SMILES string of the molecule is COc1ccccc1SCC(C)CNC(=O)C1CC(O)CN1. The quantitative estimate of drug-likeness (QED) is 0.659. The molecule has 1 fully saturated rings. The molecule has 3 unspecified atom stereocenters. The molecule has 2 rings (SSSR count). The number of hydrogen-bond donors (Lipinski definition) is 3. The van der Waals surface area contributed by atoms with Crippen molar-refractivity contribution in [2.45, 2.75) is 30.4 Å². The van der Waals surface area contributed by atoms with E-state index >= 15 is 0 Å². The van der Waals surface area contributed by atoms with Gasteiger partial charge >= 0.3 is 0 Å². The van der Waals surface area contributed by atoms with Gasteiger partial charge < -0.3 is 20.5 Å². The molecular weight excluding hydrogens is 300 g/mol. The number of ether oxygens (including phenoxy) is 1. The Balaban J connectivity index is 1.71. The van der Waals surface area contributed by atoms with E-state index in [9.17, 15) is 9.90 Å². The Morgan fingerprint density at radius 1 is 1.55 bits per heavy atom. The fraction of sp³-hybridized carbons (Fsp3) is 0.562. The average molecular weight is 324 g/mol. The number of amides is 1. The molecule has 22 heavy (non-hydrogen) atoms. The van der Waals surface area contributed by atoms with Crippen LogP contribution >= 0.6 is 11.8 Å². The van der Waals surface area contributed by atoms with E-state index < -0.39 is 6.10 Å². The molecule has 1 aromatic carbocycles. The highest BCUT2D eigenvalue weighted by molar-refractivity contribution is 7.99. The summed E-state index contributed by atoms with van der Waals surface area (Å²) in [6, 6.07) is 7.68. The maximum absolute atomic E-state index is 12.0. The summed E-state index contributed by atoms with van der Waals surface area (Å²) in [7, 11) is 1.67. The zero-order valence-corrected chi connectivity index (χ0v) is 13.9. The van der Waals surface area contributed by atoms with Crippen LogP contribution in [0.3, 0.4) is 0 Å². The summed E-state index contributed by atoms with van der Waals surface area (Å²) in [4.78, 5) is 13.1. The van der Waals surface area contributed by atoms with Crippen molar-refractivity contribution >= 4 is 17.7 Å². The predicted molar refractivity (Wildman–Crippen MR) is 88.3 cm³/mol. The molecule has 3 atom stereocenters. The molecule has 0 spiro atoms. The number of para-hydroxylation sites is 1. The number of rotatable bonds is 7. The van der Waals surface area contributed by atoms with Crippen LogP contribution in [0.25, 0.3) is 0 Å². The Labute approximate surface area is 135 Å². The number of thioether (sulfide) groups is 1. The number of carbonyl (C=O) groups excluding carboxylic acids is 1. The number of methoxy groups -OCH3 is 1. The van der Waals surface area contributed by atoms with Gasteiger partial charge in [-0.05, 0) is 24.5 Å². The molecule has 3 N–H and O–H groups in total. The normalized spacial score (nSPS) is 22.3. The second-order valence-corrected chi connectivity index (χ2v) is 6.72. The van der Waals surface area contributed by atoms with E-state index in [0.29, 0.717) is 25.4 Å². The van der Waals surface area contributed by atoms with Gasteiger partial charge in [-0.3, -0.25) is 4.79 Å². The molecule has 1 aromatic rings. The molecule has 6 heteroatoms. The van der Waals surface area contributed by atoms with Crippen LogP contribution in [-0.4, -0.2) is 49.1 Å². The Morgan fingerprint density at radius 2 is 2.32 bits per heavy atom. The standard InChI is InChI=1S/C16H24N2O3S/c1-11(8-18-16(20)13-7-12(19)9-17-13)10-22-15-6-4-3-5-14(15)21-2/h3-6,11-13,17,19H,7-10H2,1-2H3,(H,18,20). The first-order valence-electron chi connectivity index (χ1n) is 7.55. The predicted octanol–water partition coefficient (Wildman–Crippen LogP) is 1.26. The van der Waals surface area contributed by atoms with Crippen LogP contribution in [0.15, 0.2) is 29.2 Å². The van der Waals surface area contributed by atoms with Crippen molar-refractivity contribution in [1.82, 2.24) is 10.6 Å². The van der Waals surface area contributed by atoms with E-state index in [1.54, 1.807) is 18.9 Å². The van der Waals surface area contributed by atoms with Crippen molar-refractivity contribution in [3.8, 4) is 5.75 Å². The summed E-state index contributed by atoms with van der Waals surface area (Å²) in [5.41, 5.74) is 0. The Kier molecular flexibility index (Phi) is 6.54. The number of nitrogens with one attached hydrogen (secondary N) is 2. The van der Waals surface area contributed by atoms with Crippen molar-refractivity contribution in [1.29, 1.82) is 0 Å². The molecule has 0 radical (unpaired) electrons. The molecule has 5 nitrogen and oxygen atoms in total. The van der Waals surface area contributed by atoms with Crippen LogP contribution < -0.4 is 15.4 Å². The largest absolute Gasteiger partial charge is 0.496 e. The molecular formula is C16H24N2O3S. The molecule has 1 saturated heterocycles. The van der Waals surface area contributed by atoms with E-state index in [1.165, 1.54) is 0 Å². The van der Waals surface area contributed by atoms with Crippen LogP contribution in [0.5, 0.6) is 5.75 Å². The van der Waals surface area contributed by atoms with Crippen molar-refractivity contribution in [2.24, 2.45) is 5.92 Å². The van der Waals surface area contributed by atoms with Gasteiger partial charge in [0.15, 0.2) is 0 Å². The third-order valence-electron chi connectivity index (χ3n) is 3.64. The van der Waals surface area contributed by atoms with Crippen LogP contribution in [0.2, 0.25) is 0 Å². The summed E-state index contributed by atoms with van der Waals surface area (Å²) in [5, 5.41) is 15.4. The van der Waals surface area contributed by atoms with Gasteiger partial charge in [-0.15, -0.1) is 11.8 Å². The molecule has 0 aliphatic carbocycles. The summed E-state index contributed by atoms with van der Waals surface area (Å²) < 4.78 is 5.33. The van der Waals surface area contributed by atoms with Crippen LogP contribution in [0, 0.1) is 5.92 Å². The van der Waals surface area contributed by atoms with E-state index in [-0.39, 0.29) is 11.9 Å². The minimum Gasteiger partial charge on any atom is -0.496 e. The molecule has 1 heterocycles. The number of aliphatic hydroxyl groups is 1. The highest BCUT2D eigenvalue weighted by Crippen LogP contribution is 2.29. The molecule has 1 amide bonds. The lowest BCUT2D eigenvalue weighted by Gasteiger charge is -2.16. The van der Waals surface area contributed by atoms with Gasteiger partial charge in [0.05, 0.1) is 19.3 Å². The monoisotopic (exact) mass is 324 g/mol.